The molecule has 1 aliphatic rings. The van der Waals surface area contributed by atoms with E-state index in [1.807, 2.05) is 30.3 Å². The van der Waals surface area contributed by atoms with Gasteiger partial charge in [0.1, 0.15) is 0 Å². The summed E-state index contributed by atoms with van der Waals surface area (Å²) in [5, 5.41) is 4.29. The monoisotopic (exact) mass is 355 g/mol. The topological polar surface area (TPSA) is 71.1 Å². The van der Waals surface area contributed by atoms with Crippen molar-refractivity contribution in [1.82, 2.24) is 15.0 Å². The minimum absolute atomic E-state index is 0. The molecule has 0 bridgehead atoms. The molecule has 2 N–H and O–H groups in total. The van der Waals surface area contributed by atoms with E-state index in [9.17, 15) is 8.42 Å². The largest absolute Gasteiger partial charge is 0.314 e. The maximum absolute atomic E-state index is 12.5. The quantitative estimate of drug-likeness (QED) is 0.882. The van der Waals surface area contributed by atoms with Crippen LogP contribution in [0.3, 0.4) is 0 Å². The van der Waals surface area contributed by atoms with Crippen molar-refractivity contribution in [3.8, 4) is 0 Å². The Morgan fingerprint density at radius 1 is 1.30 bits per heavy atom. The highest BCUT2D eigenvalue weighted by Crippen LogP contribution is 2.19. The highest BCUT2D eigenvalue weighted by atomic mass is 35.5. The molecule has 0 radical (unpaired) electrons. The molecular formula is C16H22ClN3O2S. The van der Waals surface area contributed by atoms with Crippen LogP contribution in [-0.2, 0) is 15.8 Å². The van der Waals surface area contributed by atoms with Gasteiger partial charge in [-0.25, -0.2) is 13.1 Å². The van der Waals surface area contributed by atoms with Crippen LogP contribution in [0, 0.1) is 0 Å². The lowest BCUT2D eigenvalue weighted by atomic mass is 10.0. The number of fused-ring (bicyclic) bond motifs is 1. The van der Waals surface area contributed by atoms with E-state index in [1.165, 1.54) is 0 Å². The van der Waals surface area contributed by atoms with Crippen molar-refractivity contribution >= 4 is 33.3 Å². The summed E-state index contributed by atoms with van der Waals surface area (Å²) in [4.78, 5) is 4.32. The van der Waals surface area contributed by atoms with Crippen LogP contribution in [0.1, 0.15) is 25.3 Å². The van der Waals surface area contributed by atoms with Crippen molar-refractivity contribution in [2.24, 2.45) is 0 Å². The minimum atomic E-state index is -3.37. The second kappa shape index (κ2) is 7.57. The number of nitrogens with one attached hydrogen (secondary N) is 2. The number of rotatable bonds is 4. The number of benzene rings is 1. The summed E-state index contributed by atoms with van der Waals surface area (Å²) < 4.78 is 27.8. The molecule has 0 aliphatic carbocycles. The third-order valence-corrected chi connectivity index (χ3v) is 5.42. The van der Waals surface area contributed by atoms with Gasteiger partial charge in [0.25, 0.3) is 0 Å². The van der Waals surface area contributed by atoms with E-state index in [1.54, 1.807) is 6.20 Å². The van der Waals surface area contributed by atoms with Crippen LogP contribution in [-0.4, -0.2) is 32.0 Å². The molecule has 2 heterocycles. The summed E-state index contributed by atoms with van der Waals surface area (Å²) in [6.45, 7) is 2.93. The lowest BCUT2D eigenvalue weighted by molar-refractivity contribution is 0.361. The van der Waals surface area contributed by atoms with Crippen LogP contribution in [0.15, 0.2) is 36.5 Å². The predicted molar refractivity (Wildman–Crippen MR) is 95.2 cm³/mol. The first-order valence-electron chi connectivity index (χ1n) is 7.59. The Kier molecular flexibility index (Phi) is 5.97. The van der Waals surface area contributed by atoms with Gasteiger partial charge in [0, 0.05) is 23.7 Å². The molecule has 2 atom stereocenters. The van der Waals surface area contributed by atoms with Gasteiger partial charge in [-0.05, 0) is 37.9 Å². The number of para-hydroxylation sites is 1. The summed E-state index contributed by atoms with van der Waals surface area (Å²) >= 11 is 0. The van der Waals surface area contributed by atoms with Gasteiger partial charge in [0.15, 0.2) is 0 Å². The van der Waals surface area contributed by atoms with Gasteiger partial charge in [0.2, 0.25) is 10.0 Å². The second-order valence-corrected chi connectivity index (χ2v) is 7.70. The molecule has 1 aliphatic heterocycles. The molecule has 1 saturated heterocycles. The summed E-state index contributed by atoms with van der Waals surface area (Å²) in [5.41, 5.74) is 1.50. The molecule has 23 heavy (non-hydrogen) atoms. The number of hydrogen-bond donors (Lipinski definition) is 2. The average molecular weight is 356 g/mol. The smallest absolute Gasteiger partial charge is 0.216 e. The highest BCUT2D eigenvalue weighted by Gasteiger charge is 2.23. The fraction of sp³-hybridized carbons (Fsp3) is 0.438. The van der Waals surface area contributed by atoms with Gasteiger partial charge in [-0.1, -0.05) is 24.3 Å². The molecule has 2 unspecified atom stereocenters. The Balaban J connectivity index is 0.00000192. The molecule has 1 aromatic heterocycles. The van der Waals surface area contributed by atoms with Crippen molar-refractivity contribution in [2.45, 2.75) is 37.6 Å². The zero-order valence-electron chi connectivity index (χ0n) is 13.0. The Bertz CT molecular complexity index is 762. The minimum Gasteiger partial charge on any atom is -0.314 e. The maximum atomic E-state index is 12.5. The number of aromatic nitrogens is 1. The first-order valence-corrected chi connectivity index (χ1v) is 9.25. The van der Waals surface area contributed by atoms with Gasteiger partial charge in [-0.3, -0.25) is 4.98 Å². The molecule has 0 saturated carbocycles. The molecule has 5 nitrogen and oxygen atoms in total. The zero-order valence-corrected chi connectivity index (χ0v) is 14.7. The Hall–Kier alpha value is -1.21. The maximum Gasteiger partial charge on any atom is 0.216 e. The van der Waals surface area contributed by atoms with Crippen molar-refractivity contribution in [3.63, 3.8) is 0 Å². The lowest BCUT2D eigenvalue weighted by Crippen LogP contribution is -2.46. The van der Waals surface area contributed by atoms with E-state index in [0.29, 0.717) is 6.04 Å². The number of pyridine rings is 1. The summed E-state index contributed by atoms with van der Waals surface area (Å²) in [6.07, 6.45) is 3.35. The summed E-state index contributed by atoms with van der Waals surface area (Å²) in [5.74, 6) is -0.0281. The van der Waals surface area contributed by atoms with Crippen molar-refractivity contribution in [3.05, 3.63) is 42.1 Å². The second-order valence-electron chi connectivity index (χ2n) is 5.95. The SMILES string of the molecule is CC1CC(NS(=O)(=O)Cc2cccc3cccnc23)CCN1.Cl. The molecule has 0 spiro atoms. The molecular weight excluding hydrogens is 334 g/mol. The van der Waals surface area contributed by atoms with E-state index in [0.717, 1.165) is 35.9 Å². The number of halogens is 1. The number of sulfonamides is 1. The molecule has 126 valence electrons. The third kappa shape index (κ3) is 4.64. The third-order valence-electron chi connectivity index (χ3n) is 4.03. The molecule has 7 heteroatoms. The van der Waals surface area contributed by atoms with E-state index in [2.05, 4.69) is 21.9 Å². The standard InChI is InChI=1S/C16H21N3O2S.ClH/c1-12-10-15(7-9-17-12)19-22(20,21)11-14-5-2-4-13-6-3-8-18-16(13)14;/h2-6,8,12,15,17,19H,7,9-11H2,1H3;1H. The normalized spacial score (nSPS) is 21.8. The predicted octanol–water partition coefficient (Wildman–Crippen LogP) is 2.22. The van der Waals surface area contributed by atoms with Crippen LogP contribution in [0.2, 0.25) is 0 Å². The van der Waals surface area contributed by atoms with Gasteiger partial charge in [0.05, 0.1) is 11.3 Å². The molecule has 3 rings (SSSR count). The van der Waals surface area contributed by atoms with Crippen LogP contribution >= 0.6 is 12.4 Å². The Labute approximate surface area is 143 Å². The van der Waals surface area contributed by atoms with Crippen molar-refractivity contribution in [1.29, 1.82) is 0 Å². The fourth-order valence-electron chi connectivity index (χ4n) is 3.02. The zero-order chi connectivity index (χ0) is 15.6. The van der Waals surface area contributed by atoms with E-state index in [-0.39, 0.29) is 24.2 Å². The molecule has 1 fully saturated rings. The van der Waals surface area contributed by atoms with Gasteiger partial charge < -0.3 is 5.32 Å². The molecule has 0 amide bonds. The average Bonchev–Trinajstić information content (AvgIpc) is 2.47. The number of piperidine rings is 1. The Morgan fingerprint density at radius 2 is 2.09 bits per heavy atom. The molecule has 2 aromatic rings. The Morgan fingerprint density at radius 3 is 2.87 bits per heavy atom. The summed E-state index contributed by atoms with van der Waals surface area (Å²) in [7, 11) is -3.37. The first-order chi connectivity index (χ1) is 10.5. The first kappa shape index (κ1) is 18.1. The van der Waals surface area contributed by atoms with E-state index >= 15 is 0 Å². The van der Waals surface area contributed by atoms with Crippen molar-refractivity contribution < 1.29 is 8.42 Å². The number of hydrogen-bond acceptors (Lipinski definition) is 4. The fourth-order valence-corrected chi connectivity index (χ4v) is 4.47. The van der Waals surface area contributed by atoms with Crippen molar-refractivity contribution in [2.75, 3.05) is 6.54 Å². The van der Waals surface area contributed by atoms with Crippen LogP contribution in [0.25, 0.3) is 10.9 Å². The van der Waals surface area contributed by atoms with Crippen LogP contribution in [0.5, 0.6) is 0 Å². The van der Waals surface area contributed by atoms with E-state index < -0.39 is 10.0 Å². The summed E-state index contributed by atoms with van der Waals surface area (Å²) in [6, 6.07) is 9.82. The van der Waals surface area contributed by atoms with Crippen LogP contribution in [0.4, 0.5) is 0 Å². The lowest BCUT2D eigenvalue weighted by Gasteiger charge is -2.28. The molecule has 1 aromatic carbocycles. The van der Waals surface area contributed by atoms with Gasteiger partial charge in [-0.15, -0.1) is 12.4 Å². The highest BCUT2D eigenvalue weighted by molar-refractivity contribution is 7.88. The number of nitrogens with zero attached hydrogens (tertiary/aromatic N) is 1. The van der Waals surface area contributed by atoms with E-state index in [4.69, 9.17) is 0 Å². The van der Waals surface area contributed by atoms with Gasteiger partial charge >= 0.3 is 0 Å². The van der Waals surface area contributed by atoms with Crippen LogP contribution < -0.4 is 10.0 Å². The van der Waals surface area contributed by atoms with Gasteiger partial charge in [-0.2, -0.15) is 0 Å².